The van der Waals surface area contributed by atoms with Crippen LogP contribution in [-0.2, 0) is 7.05 Å². The molecule has 0 spiro atoms. The van der Waals surface area contributed by atoms with Crippen LogP contribution in [0.1, 0.15) is 74.0 Å². The van der Waals surface area contributed by atoms with E-state index in [9.17, 15) is 0 Å². The second-order valence-corrected chi connectivity index (χ2v) is 16.1. The number of pyridine rings is 1. The first kappa shape index (κ1) is 21.9. The Kier molecular flexibility index (Phi) is 5.78. The van der Waals surface area contributed by atoms with Crippen LogP contribution in [-0.4, -0.2) is 8.07 Å². The van der Waals surface area contributed by atoms with Crippen molar-refractivity contribution in [3.05, 3.63) is 59.3 Å². The van der Waals surface area contributed by atoms with Crippen LogP contribution in [0, 0.1) is 13.8 Å². The standard InChI is InChI=1S/C30H40NSi/c1-21-18-25(23-10-6-7-11-23)20-29(22(21)2)30-28-15-14-27(19-24(28)16-17-31(30)3)32(4,5)26-12-8-9-13-26/h14-20,23,26H,6-13H2,1-5H3/q+1. The maximum Gasteiger partial charge on any atom is 0.220 e. The van der Waals surface area contributed by atoms with Crippen LogP contribution in [0.5, 0.6) is 0 Å². The van der Waals surface area contributed by atoms with Crippen molar-refractivity contribution in [3.63, 3.8) is 0 Å². The number of rotatable bonds is 4. The number of benzene rings is 2. The minimum atomic E-state index is -1.43. The molecular formula is C30H40NSi+. The third-order valence-electron chi connectivity index (χ3n) is 9.03. The Balaban J connectivity index is 1.64. The van der Waals surface area contributed by atoms with Gasteiger partial charge >= 0.3 is 0 Å². The van der Waals surface area contributed by atoms with Crippen molar-refractivity contribution in [2.45, 2.75) is 89.8 Å². The molecule has 0 amide bonds. The van der Waals surface area contributed by atoms with Crippen LogP contribution in [0.25, 0.3) is 22.0 Å². The molecule has 2 fully saturated rings. The van der Waals surface area contributed by atoms with E-state index in [1.807, 2.05) is 0 Å². The van der Waals surface area contributed by atoms with Gasteiger partial charge in [-0.15, -0.1) is 0 Å². The number of hydrogen-bond acceptors (Lipinski definition) is 0. The number of aromatic nitrogens is 1. The Morgan fingerprint density at radius 1 is 0.844 bits per heavy atom. The van der Waals surface area contributed by atoms with Crippen molar-refractivity contribution in [1.29, 1.82) is 0 Å². The van der Waals surface area contributed by atoms with Crippen molar-refractivity contribution in [3.8, 4) is 11.3 Å². The molecule has 2 aromatic carbocycles. The molecule has 1 nitrogen and oxygen atoms in total. The van der Waals surface area contributed by atoms with E-state index in [4.69, 9.17) is 0 Å². The molecule has 32 heavy (non-hydrogen) atoms. The zero-order valence-corrected chi connectivity index (χ0v) is 21.8. The molecule has 0 radical (unpaired) electrons. The molecule has 2 aliphatic rings. The van der Waals surface area contributed by atoms with Crippen LogP contribution in [0.2, 0.25) is 18.6 Å². The number of fused-ring (bicyclic) bond motifs is 1. The van der Waals surface area contributed by atoms with Crippen molar-refractivity contribution in [2.24, 2.45) is 7.05 Å². The number of nitrogens with zero attached hydrogens (tertiary/aromatic N) is 1. The minimum Gasteiger partial charge on any atom is -0.200 e. The molecular weight excluding hydrogens is 402 g/mol. The van der Waals surface area contributed by atoms with Crippen molar-refractivity contribution in [2.75, 3.05) is 0 Å². The zero-order valence-electron chi connectivity index (χ0n) is 20.8. The van der Waals surface area contributed by atoms with Gasteiger partial charge in [-0.3, -0.25) is 0 Å². The van der Waals surface area contributed by atoms with Gasteiger partial charge in [0.05, 0.1) is 19.0 Å². The first-order valence-electron chi connectivity index (χ1n) is 12.9. The summed E-state index contributed by atoms with van der Waals surface area (Å²) in [6.07, 6.45) is 13.5. The Hall–Kier alpha value is -1.93. The Labute approximate surface area is 195 Å². The average Bonchev–Trinajstić information content (AvgIpc) is 3.50. The highest BCUT2D eigenvalue weighted by molar-refractivity contribution is 6.91. The molecule has 2 heteroatoms. The van der Waals surface area contributed by atoms with Gasteiger partial charge in [-0.1, -0.05) is 75.0 Å². The summed E-state index contributed by atoms with van der Waals surface area (Å²) >= 11 is 0. The SMILES string of the molecule is Cc1cc(C2CCCC2)cc(-c2c3ccc([Si](C)(C)C4CCCC4)cc3cc[n+]2C)c1C. The second-order valence-electron chi connectivity index (χ2n) is 11.3. The molecule has 2 aliphatic carbocycles. The second kappa shape index (κ2) is 8.45. The average molecular weight is 443 g/mol. The number of aryl methyl sites for hydroxylation is 2. The summed E-state index contributed by atoms with van der Waals surface area (Å²) in [7, 11) is 0.792. The number of hydrogen-bond donors (Lipinski definition) is 0. The van der Waals surface area contributed by atoms with Gasteiger partial charge in [0.15, 0.2) is 6.20 Å². The molecule has 0 atom stereocenters. The Morgan fingerprint density at radius 2 is 1.53 bits per heavy atom. The lowest BCUT2D eigenvalue weighted by molar-refractivity contribution is -0.659. The highest BCUT2D eigenvalue weighted by Crippen LogP contribution is 2.40. The van der Waals surface area contributed by atoms with Gasteiger partial charge in [0.25, 0.3) is 0 Å². The first-order valence-corrected chi connectivity index (χ1v) is 16.0. The van der Waals surface area contributed by atoms with E-state index in [0.29, 0.717) is 0 Å². The normalized spacial score (nSPS) is 18.2. The Bertz CT molecular complexity index is 1150. The summed E-state index contributed by atoms with van der Waals surface area (Å²) in [5.41, 5.74) is 8.19. The molecule has 5 rings (SSSR count). The summed E-state index contributed by atoms with van der Waals surface area (Å²) in [6.45, 7) is 9.82. The fraction of sp³-hybridized carbons (Fsp3) is 0.500. The van der Waals surface area contributed by atoms with Crippen LogP contribution < -0.4 is 9.75 Å². The van der Waals surface area contributed by atoms with Gasteiger partial charge < -0.3 is 0 Å². The highest BCUT2D eigenvalue weighted by Gasteiger charge is 2.35. The smallest absolute Gasteiger partial charge is 0.200 e. The van der Waals surface area contributed by atoms with Crippen LogP contribution in [0.3, 0.4) is 0 Å². The molecule has 1 heterocycles. The molecule has 168 valence electrons. The van der Waals surface area contributed by atoms with Crippen molar-refractivity contribution < 1.29 is 4.57 Å². The molecule has 0 unspecified atom stereocenters. The van der Waals surface area contributed by atoms with Crippen molar-refractivity contribution in [1.82, 2.24) is 0 Å². The van der Waals surface area contributed by atoms with Gasteiger partial charge in [-0.25, -0.2) is 4.57 Å². The molecule has 2 saturated carbocycles. The fourth-order valence-electron chi connectivity index (χ4n) is 6.62. The lowest BCUT2D eigenvalue weighted by atomic mass is 9.89. The van der Waals surface area contributed by atoms with Gasteiger partial charge in [0, 0.05) is 6.07 Å². The van der Waals surface area contributed by atoms with Gasteiger partial charge in [0.2, 0.25) is 5.69 Å². The predicted molar refractivity (Wildman–Crippen MR) is 141 cm³/mol. The topological polar surface area (TPSA) is 3.88 Å². The monoisotopic (exact) mass is 442 g/mol. The van der Waals surface area contributed by atoms with Crippen LogP contribution in [0.4, 0.5) is 0 Å². The summed E-state index contributed by atoms with van der Waals surface area (Å²) in [6, 6.07) is 14.8. The van der Waals surface area contributed by atoms with Crippen molar-refractivity contribution >= 4 is 24.0 Å². The van der Waals surface area contributed by atoms with Crippen LogP contribution >= 0.6 is 0 Å². The van der Waals surface area contributed by atoms with E-state index < -0.39 is 8.07 Å². The predicted octanol–water partition coefficient (Wildman–Crippen LogP) is 7.47. The summed E-state index contributed by atoms with van der Waals surface area (Å²) in [5.74, 6) is 0.748. The fourth-order valence-corrected chi connectivity index (χ4v) is 9.98. The summed E-state index contributed by atoms with van der Waals surface area (Å²) in [5, 5.41) is 4.46. The third kappa shape index (κ3) is 3.75. The third-order valence-corrected chi connectivity index (χ3v) is 13.4. The minimum absolute atomic E-state index is 0.748. The maximum absolute atomic E-state index is 2.60. The summed E-state index contributed by atoms with van der Waals surface area (Å²) in [4.78, 5) is 0. The van der Waals surface area contributed by atoms with E-state index in [1.165, 1.54) is 84.5 Å². The molecule has 0 aliphatic heterocycles. The lowest BCUT2D eigenvalue weighted by Crippen LogP contribution is -2.45. The maximum atomic E-state index is 2.60. The van der Waals surface area contributed by atoms with Gasteiger partial charge in [-0.2, -0.15) is 0 Å². The molecule has 0 saturated heterocycles. The Morgan fingerprint density at radius 3 is 2.25 bits per heavy atom. The molecule has 3 aromatic rings. The van der Waals surface area contributed by atoms with Gasteiger partial charge in [-0.05, 0) is 72.4 Å². The summed E-state index contributed by atoms with van der Waals surface area (Å²) < 4.78 is 2.35. The lowest BCUT2D eigenvalue weighted by Gasteiger charge is -2.30. The van der Waals surface area contributed by atoms with Gasteiger partial charge in [0.1, 0.15) is 7.05 Å². The molecule has 1 aromatic heterocycles. The first-order chi connectivity index (χ1) is 15.4. The molecule has 0 bridgehead atoms. The highest BCUT2D eigenvalue weighted by atomic mass is 28.3. The van der Waals surface area contributed by atoms with E-state index in [-0.39, 0.29) is 0 Å². The zero-order chi connectivity index (χ0) is 22.5. The molecule has 0 N–H and O–H groups in total. The van der Waals surface area contributed by atoms with E-state index in [2.05, 4.69) is 81.2 Å². The van der Waals surface area contributed by atoms with E-state index in [0.717, 1.165) is 11.5 Å². The van der Waals surface area contributed by atoms with E-state index >= 15 is 0 Å². The largest absolute Gasteiger partial charge is 0.220 e. The van der Waals surface area contributed by atoms with E-state index in [1.54, 1.807) is 10.8 Å². The quantitative estimate of drug-likeness (QED) is 0.291. The van der Waals surface area contributed by atoms with Crippen LogP contribution in [0.15, 0.2) is 42.6 Å².